The molecule has 0 aromatic heterocycles. The van der Waals surface area contributed by atoms with Gasteiger partial charge in [0, 0.05) is 25.2 Å². The van der Waals surface area contributed by atoms with E-state index in [0.29, 0.717) is 25.2 Å². The Kier molecular flexibility index (Phi) is 4.09. The summed E-state index contributed by atoms with van der Waals surface area (Å²) in [7, 11) is 0. The average Bonchev–Trinajstić information content (AvgIpc) is 2.53. The van der Waals surface area contributed by atoms with E-state index in [4.69, 9.17) is 5.73 Å². The first kappa shape index (κ1) is 15.6. The van der Waals surface area contributed by atoms with Crippen LogP contribution in [0.2, 0.25) is 0 Å². The molecule has 120 valence electrons. The molecule has 23 heavy (non-hydrogen) atoms. The molecule has 3 rings (SSSR count). The lowest BCUT2D eigenvalue weighted by atomic mass is 9.96. The number of hydrogen-bond donors (Lipinski definition) is 2. The molecule has 0 spiro atoms. The summed E-state index contributed by atoms with van der Waals surface area (Å²) in [6.45, 7) is 5.72. The Balaban J connectivity index is 1.87. The number of fused-ring (bicyclic) bond motifs is 1. The second-order valence-electron chi connectivity index (χ2n) is 6.22. The number of phenolic OH excluding ortho intramolecular Hbond substituents is 1. The highest BCUT2D eigenvalue weighted by Crippen LogP contribution is 2.25. The molecule has 0 bridgehead atoms. The predicted molar refractivity (Wildman–Crippen MR) is 90.4 cm³/mol. The zero-order valence-electron chi connectivity index (χ0n) is 13.6. The van der Waals surface area contributed by atoms with E-state index in [2.05, 4.69) is 0 Å². The number of aryl methyl sites for hydroxylation is 2. The highest BCUT2D eigenvalue weighted by molar-refractivity contribution is 5.95. The standard InChI is InChI=1S/C19H22N2O2/c1-12-7-15(8-13(2)18(12)10-20)19(23)21-6-5-14-3-4-17(22)9-16(14)11-21/h3-4,7-9,22H,5-6,10-11,20H2,1-2H3. The second kappa shape index (κ2) is 6.05. The van der Waals surface area contributed by atoms with E-state index < -0.39 is 0 Å². The number of phenols is 1. The lowest BCUT2D eigenvalue weighted by molar-refractivity contribution is 0.0734. The van der Waals surface area contributed by atoms with Crippen molar-refractivity contribution in [1.82, 2.24) is 4.90 Å². The molecule has 1 amide bonds. The van der Waals surface area contributed by atoms with Crippen LogP contribution in [0.4, 0.5) is 0 Å². The molecule has 0 saturated heterocycles. The number of nitrogens with two attached hydrogens (primary N) is 1. The number of amides is 1. The number of aromatic hydroxyl groups is 1. The van der Waals surface area contributed by atoms with Crippen LogP contribution in [0, 0.1) is 13.8 Å². The van der Waals surface area contributed by atoms with Gasteiger partial charge in [-0.1, -0.05) is 6.07 Å². The number of carbonyl (C=O) groups is 1. The van der Waals surface area contributed by atoms with Gasteiger partial charge in [-0.3, -0.25) is 4.79 Å². The molecule has 4 nitrogen and oxygen atoms in total. The zero-order valence-corrected chi connectivity index (χ0v) is 13.6. The van der Waals surface area contributed by atoms with Crippen molar-refractivity contribution in [2.45, 2.75) is 33.4 Å². The van der Waals surface area contributed by atoms with E-state index in [0.717, 1.165) is 28.7 Å². The van der Waals surface area contributed by atoms with Crippen LogP contribution in [0.1, 0.15) is 38.2 Å². The van der Waals surface area contributed by atoms with Crippen molar-refractivity contribution < 1.29 is 9.90 Å². The number of benzene rings is 2. The lowest BCUT2D eigenvalue weighted by Gasteiger charge is -2.29. The van der Waals surface area contributed by atoms with Crippen LogP contribution in [-0.2, 0) is 19.5 Å². The van der Waals surface area contributed by atoms with Gasteiger partial charge in [0.2, 0.25) is 0 Å². The molecular formula is C19H22N2O2. The van der Waals surface area contributed by atoms with Crippen LogP contribution in [0.25, 0.3) is 0 Å². The Bertz CT molecular complexity index is 745. The smallest absolute Gasteiger partial charge is 0.254 e. The molecule has 0 fully saturated rings. The van der Waals surface area contributed by atoms with Crippen molar-refractivity contribution in [3.8, 4) is 5.75 Å². The molecule has 0 saturated carbocycles. The number of hydrogen-bond acceptors (Lipinski definition) is 3. The fourth-order valence-electron chi connectivity index (χ4n) is 3.34. The fraction of sp³-hybridized carbons (Fsp3) is 0.316. The Morgan fingerprint density at radius 2 is 1.87 bits per heavy atom. The van der Waals surface area contributed by atoms with Crippen molar-refractivity contribution in [1.29, 1.82) is 0 Å². The quantitative estimate of drug-likeness (QED) is 0.896. The van der Waals surface area contributed by atoms with Crippen LogP contribution in [0.15, 0.2) is 30.3 Å². The SMILES string of the molecule is Cc1cc(C(=O)N2CCc3ccc(O)cc3C2)cc(C)c1CN. The first-order chi connectivity index (χ1) is 11.0. The van der Waals surface area contributed by atoms with Crippen LogP contribution in [0.5, 0.6) is 5.75 Å². The second-order valence-corrected chi connectivity index (χ2v) is 6.22. The molecule has 1 heterocycles. The minimum Gasteiger partial charge on any atom is -0.508 e. The summed E-state index contributed by atoms with van der Waals surface area (Å²) in [5, 5.41) is 9.65. The molecule has 2 aromatic rings. The van der Waals surface area contributed by atoms with Gasteiger partial charge in [-0.25, -0.2) is 0 Å². The molecule has 1 aliphatic rings. The predicted octanol–water partition coefficient (Wildman–Crippen LogP) is 2.67. The van der Waals surface area contributed by atoms with Gasteiger partial charge in [0.15, 0.2) is 0 Å². The molecule has 0 atom stereocenters. The van der Waals surface area contributed by atoms with Gasteiger partial charge < -0.3 is 15.7 Å². The van der Waals surface area contributed by atoms with E-state index in [1.54, 1.807) is 12.1 Å². The Morgan fingerprint density at radius 3 is 2.52 bits per heavy atom. The van der Waals surface area contributed by atoms with Gasteiger partial charge in [-0.05, 0) is 72.4 Å². The largest absolute Gasteiger partial charge is 0.508 e. The van der Waals surface area contributed by atoms with Crippen molar-refractivity contribution in [3.63, 3.8) is 0 Å². The van der Waals surface area contributed by atoms with Gasteiger partial charge in [-0.2, -0.15) is 0 Å². The highest BCUT2D eigenvalue weighted by atomic mass is 16.3. The fourth-order valence-corrected chi connectivity index (χ4v) is 3.34. The molecule has 0 unspecified atom stereocenters. The molecule has 0 radical (unpaired) electrons. The number of carbonyl (C=O) groups excluding carboxylic acids is 1. The van der Waals surface area contributed by atoms with Crippen LogP contribution in [0.3, 0.4) is 0 Å². The van der Waals surface area contributed by atoms with Gasteiger partial charge >= 0.3 is 0 Å². The van der Waals surface area contributed by atoms with Crippen molar-refractivity contribution in [3.05, 3.63) is 63.7 Å². The molecule has 3 N–H and O–H groups in total. The van der Waals surface area contributed by atoms with Crippen LogP contribution in [-0.4, -0.2) is 22.5 Å². The van der Waals surface area contributed by atoms with E-state index in [1.165, 1.54) is 5.56 Å². The van der Waals surface area contributed by atoms with Gasteiger partial charge in [0.05, 0.1) is 0 Å². The average molecular weight is 310 g/mol. The van der Waals surface area contributed by atoms with E-state index >= 15 is 0 Å². The van der Waals surface area contributed by atoms with Crippen molar-refractivity contribution in [2.24, 2.45) is 5.73 Å². The molecule has 2 aromatic carbocycles. The minimum absolute atomic E-state index is 0.0359. The molecule has 0 aliphatic carbocycles. The van der Waals surface area contributed by atoms with Crippen LogP contribution < -0.4 is 5.73 Å². The Hall–Kier alpha value is -2.33. The Labute approximate surface area is 136 Å². The summed E-state index contributed by atoms with van der Waals surface area (Å²) >= 11 is 0. The minimum atomic E-state index is 0.0359. The third kappa shape index (κ3) is 2.94. The monoisotopic (exact) mass is 310 g/mol. The first-order valence-corrected chi connectivity index (χ1v) is 7.90. The van der Waals surface area contributed by atoms with Crippen molar-refractivity contribution >= 4 is 5.91 Å². The van der Waals surface area contributed by atoms with Gasteiger partial charge in [-0.15, -0.1) is 0 Å². The van der Waals surface area contributed by atoms with E-state index in [-0.39, 0.29) is 11.7 Å². The third-order valence-electron chi connectivity index (χ3n) is 4.64. The lowest BCUT2D eigenvalue weighted by Crippen LogP contribution is -2.36. The summed E-state index contributed by atoms with van der Waals surface area (Å²) in [6, 6.07) is 9.25. The van der Waals surface area contributed by atoms with Crippen molar-refractivity contribution in [2.75, 3.05) is 6.54 Å². The van der Waals surface area contributed by atoms with Gasteiger partial charge in [0.1, 0.15) is 5.75 Å². The third-order valence-corrected chi connectivity index (χ3v) is 4.64. The highest BCUT2D eigenvalue weighted by Gasteiger charge is 2.22. The zero-order chi connectivity index (χ0) is 16.6. The first-order valence-electron chi connectivity index (χ1n) is 7.90. The Morgan fingerprint density at radius 1 is 1.17 bits per heavy atom. The summed E-state index contributed by atoms with van der Waals surface area (Å²) < 4.78 is 0. The van der Waals surface area contributed by atoms with E-state index in [9.17, 15) is 9.90 Å². The summed E-state index contributed by atoms with van der Waals surface area (Å²) in [4.78, 5) is 14.7. The molecular weight excluding hydrogens is 288 g/mol. The maximum absolute atomic E-state index is 12.8. The molecule has 4 heteroatoms. The summed E-state index contributed by atoms with van der Waals surface area (Å²) in [5.74, 6) is 0.283. The maximum atomic E-state index is 12.8. The summed E-state index contributed by atoms with van der Waals surface area (Å²) in [6.07, 6.45) is 0.820. The number of nitrogens with zero attached hydrogens (tertiary/aromatic N) is 1. The maximum Gasteiger partial charge on any atom is 0.254 e. The number of rotatable bonds is 2. The molecule has 1 aliphatic heterocycles. The summed E-state index contributed by atoms with van der Waals surface area (Å²) in [5.41, 5.74) is 11.9. The van der Waals surface area contributed by atoms with Gasteiger partial charge in [0.25, 0.3) is 5.91 Å². The normalized spacial score (nSPS) is 13.8. The van der Waals surface area contributed by atoms with E-state index in [1.807, 2.05) is 36.9 Å². The van der Waals surface area contributed by atoms with Crippen LogP contribution >= 0.6 is 0 Å². The topological polar surface area (TPSA) is 66.6 Å².